The van der Waals surface area contributed by atoms with Gasteiger partial charge in [-0.2, -0.15) is 0 Å². The van der Waals surface area contributed by atoms with Crippen molar-refractivity contribution < 1.29 is 23.5 Å². The van der Waals surface area contributed by atoms with Crippen molar-refractivity contribution in [3.05, 3.63) is 83.3 Å². The molecule has 2 heterocycles. The molecule has 0 N–H and O–H groups in total. The summed E-state index contributed by atoms with van der Waals surface area (Å²) >= 11 is 0. The molecule has 190 valence electrons. The zero-order valence-corrected chi connectivity index (χ0v) is 21.1. The highest BCUT2D eigenvalue weighted by molar-refractivity contribution is 5.91. The lowest BCUT2D eigenvalue weighted by Gasteiger charge is -2.33. The monoisotopic (exact) mass is 491 g/mol. The number of benzene rings is 2. The first-order valence-electron chi connectivity index (χ1n) is 12.1. The molecule has 0 atom stereocenters. The number of rotatable bonds is 9. The van der Waals surface area contributed by atoms with Gasteiger partial charge in [0.2, 0.25) is 5.91 Å². The molecule has 1 aromatic heterocycles. The number of carbonyl (C=O) groups is 2. The van der Waals surface area contributed by atoms with Gasteiger partial charge in [-0.15, -0.1) is 0 Å². The third-order valence-corrected chi connectivity index (χ3v) is 6.37. The van der Waals surface area contributed by atoms with E-state index >= 15 is 0 Å². The summed E-state index contributed by atoms with van der Waals surface area (Å²) in [6, 6.07) is 19.8. The largest absolute Gasteiger partial charge is 0.493 e. The Hall–Kier alpha value is -3.78. The van der Waals surface area contributed by atoms with Crippen molar-refractivity contribution >= 4 is 11.8 Å². The maximum atomic E-state index is 13.0. The summed E-state index contributed by atoms with van der Waals surface area (Å²) in [5.74, 6) is 2.32. The van der Waals surface area contributed by atoms with Crippen LogP contribution in [0.3, 0.4) is 0 Å². The molecular formula is C28H33N3O5. The van der Waals surface area contributed by atoms with Crippen LogP contribution >= 0.6 is 0 Å². The second kappa shape index (κ2) is 11.8. The number of ether oxygens (including phenoxy) is 2. The fourth-order valence-corrected chi connectivity index (χ4v) is 4.42. The van der Waals surface area contributed by atoms with Crippen molar-refractivity contribution in [1.82, 2.24) is 14.7 Å². The SMILES string of the molecule is COc1ccc(CN(Cc2ccccc2)Cc2ccc(C(=O)N3CCN(C(C)=O)CC3)o2)cc1OC. The predicted octanol–water partition coefficient (Wildman–Crippen LogP) is 3.80. The van der Waals surface area contributed by atoms with Crippen LogP contribution in [0.2, 0.25) is 0 Å². The van der Waals surface area contributed by atoms with Crippen LogP contribution in [0.5, 0.6) is 11.5 Å². The lowest BCUT2D eigenvalue weighted by atomic mass is 10.1. The van der Waals surface area contributed by atoms with Gasteiger partial charge in [-0.1, -0.05) is 36.4 Å². The van der Waals surface area contributed by atoms with Crippen molar-refractivity contribution in [2.75, 3.05) is 40.4 Å². The van der Waals surface area contributed by atoms with Gasteiger partial charge in [0.05, 0.1) is 20.8 Å². The summed E-state index contributed by atoms with van der Waals surface area (Å²) in [5.41, 5.74) is 2.26. The van der Waals surface area contributed by atoms with E-state index in [1.807, 2.05) is 42.5 Å². The second-order valence-electron chi connectivity index (χ2n) is 8.88. The maximum absolute atomic E-state index is 13.0. The van der Waals surface area contributed by atoms with E-state index in [1.54, 1.807) is 37.0 Å². The van der Waals surface area contributed by atoms with Crippen LogP contribution in [0.1, 0.15) is 34.4 Å². The highest BCUT2D eigenvalue weighted by Gasteiger charge is 2.25. The normalized spacial score (nSPS) is 13.7. The molecule has 0 spiro atoms. The highest BCUT2D eigenvalue weighted by Crippen LogP contribution is 2.28. The topological polar surface area (TPSA) is 75.5 Å². The molecule has 4 rings (SSSR count). The lowest BCUT2D eigenvalue weighted by Crippen LogP contribution is -2.50. The van der Waals surface area contributed by atoms with Crippen LogP contribution in [-0.2, 0) is 24.4 Å². The highest BCUT2D eigenvalue weighted by atomic mass is 16.5. The molecule has 1 aliphatic heterocycles. The summed E-state index contributed by atoms with van der Waals surface area (Å²) in [7, 11) is 3.25. The quantitative estimate of drug-likeness (QED) is 0.453. The Bertz CT molecular complexity index is 1170. The zero-order chi connectivity index (χ0) is 25.5. The standard InChI is InChI=1S/C28H33N3O5/c1-21(32)30-13-15-31(16-14-30)28(33)26-12-10-24(36-26)20-29(18-22-7-5-4-6-8-22)19-23-9-11-25(34-2)27(17-23)35-3/h4-12,17H,13-16,18-20H2,1-3H3. The Labute approximate surface area is 212 Å². The van der Waals surface area contributed by atoms with E-state index < -0.39 is 0 Å². The van der Waals surface area contributed by atoms with Gasteiger partial charge in [-0.25, -0.2) is 0 Å². The Morgan fingerprint density at radius 3 is 2.14 bits per heavy atom. The molecule has 1 saturated heterocycles. The van der Waals surface area contributed by atoms with Gasteiger partial charge in [0.1, 0.15) is 5.76 Å². The molecule has 0 saturated carbocycles. The van der Waals surface area contributed by atoms with Gasteiger partial charge in [-0.05, 0) is 35.4 Å². The molecule has 0 unspecified atom stereocenters. The average molecular weight is 492 g/mol. The van der Waals surface area contributed by atoms with Crippen molar-refractivity contribution in [1.29, 1.82) is 0 Å². The van der Waals surface area contributed by atoms with Gasteiger partial charge in [0.25, 0.3) is 5.91 Å². The van der Waals surface area contributed by atoms with E-state index in [4.69, 9.17) is 13.9 Å². The van der Waals surface area contributed by atoms with Crippen LogP contribution in [-0.4, -0.2) is 66.9 Å². The second-order valence-corrected chi connectivity index (χ2v) is 8.88. The van der Waals surface area contributed by atoms with E-state index in [-0.39, 0.29) is 11.8 Å². The minimum Gasteiger partial charge on any atom is -0.493 e. The van der Waals surface area contributed by atoms with Crippen LogP contribution in [0.4, 0.5) is 0 Å². The van der Waals surface area contributed by atoms with Crippen LogP contribution in [0, 0.1) is 0 Å². The molecule has 8 heteroatoms. The molecular weight excluding hydrogens is 458 g/mol. The molecule has 0 aliphatic carbocycles. The number of hydrogen-bond acceptors (Lipinski definition) is 6. The first-order chi connectivity index (χ1) is 17.5. The van der Waals surface area contributed by atoms with E-state index in [0.29, 0.717) is 63.1 Å². The Morgan fingerprint density at radius 2 is 1.47 bits per heavy atom. The van der Waals surface area contributed by atoms with Crippen molar-refractivity contribution in [3.63, 3.8) is 0 Å². The number of amides is 2. The first kappa shape index (κ1) is 25.3. The number of furan rings is 1. The minimum absolute atomic E-state index is 0.0374. The van der Waals surface area contributed by atoms with Crippen LogP contribution < -0.4 is 9.47 Å². The fourth-order valence-electron chi connectivity index (χ4n) is 4.42. The van der Waals surface area contributed by atoms with Crippen molar-refractivity contribution in [2.24, 2.45) is 0 Å². The lowest BCUT2D eigenvalue weighted by molar-refractivity contribution is -0.130. The molecule has 1 fully saturated rings. The third-order valence-electron chi connectivity index (χ3n) is 6.37. The minimum atomic E-state index is -0.140. The van der Waals surface area contributed by atoms with Gasteiger partial charge in [-0.3, -0.25) is 14.5 Å². The number of carbonyl (C=O) groups excluding carboxylic acids is 2. The molecule has 0 bridgehead atoms. The van der Waals surface area contributed by atoms with E-state index in [9.17, 15) is 9.59 Å². The first-order valence-corrected chi connectivity index (χ1v) is 12.1. The predicted molar refractivity (Wildman–Crippen MR) is 136 cm³/mol. The van der Waals surface area contributed by atoms with Crippen molar-refractivity contribution in [3.8, 4) is 11.5 Å². The van der Waals surface area contributed by atoms with Crippen LogP contribution in [0.15, 0.2) is 65.1 Å². The molecule has 8 nitrogen and oxygen atoms in total. The third kappa shape index (κ3) is 6.26. The van der Waals surface area contributed by atoms with E-state index in [2.05, 4.69) is 17.0 Å². The number of methoxy groups -OCH3 is 2. The van der Waals surface area contributed by atoms with Gasteiger partial charge in [0.15, 0.2) is 17.3 Å². The number of nitrogens with zero attached hydrogens (tertiary/aromatic N) is 3. The molecule has 2 aromatic carbocycles. The van der Waals surface area contributed by atoms with Gasteiger partial charge >= 0.3 is 0 Å². The Kier molecular flexibility index (Phi) is 8.28. The molecule has 0 radical (unpaired) electrons. The van der Waals surface area contributed by atoms with Gasteiger partial charge < -0.3 is 23.7 Å². The Balaban J connectivity index is 1.47. The van der Waals surface area contributed by atoms with Crippen LogP contribution in [0.25, 0.3) is 0 Å². The van der Waals surface area contributed by atoms with E-state index in [1.165, 1.54) is 5.56 Å². The number of hydrogen-bond donors (Lipinski definition) is 0. The smallest absolute Gasteiger partial charge is 0.289 e. The number of piperazine rings is 1. The summed E-state index contributed by atoms with van der Waals surface area (Å²) in [6.07, 6.45) is 0. The van der Waals surface area contributed by atoms with Crippen molar-refractivity contribution in [2.45, 2.75) is 26.6 Å². The summed E-state index contributed by atoms with van der Waals surface area (Å²) in [4.78, 5) is 30.3. The Morgan fingerprint density at radius 1 is 0.806 bits per heavy atom. The molecule has 36 heavy (non-hydrogen) atoms. The van der Waals surface area contributed by atoms with Gasteiger partial charge in [0, 0.05) is 46.2 Å². The summed E-state index contributed by atoms with van der Waals surface area (Å²) in [5, 5.41) is 0. The maximum Gasteiger partial charge on any atom is 0.289 e. The zero-order valence-electron chi connectivity index (χ0n) is 21.1. The molecule has 2 amide bonds. The summed E-state index contributed by atoms with van der Waals surface area (Å²) < 4.78 is 16.8. The average Bonchev–Trinajstić information content (AvgIpc) is 3.37. The molecule has 1 aliphatic rings. The van der Waals surface area contributed by atoms with E-state index in [0.717, 1.165) is 11.3 Å². The fraction of sp³-hybridized carbons (Fsp3) is 0.357. The summed E-state index contributed by atoms with van der Waals surface area (Å²) in [6.45, 7) is 5.57. The molecule has 3 aromatic rings.